The van der Waals surface area contributed by atoms with Crippen molar-refractivity contribution >= 4 is 22.5 Å². The normalized spacial score (nSPS) is 12.7. The Kier molecular flexibility index (Phi) is 3.77. The van der Waals surface area contributed by atoms with E-state index in [2.05, 4.69) is 47.7 Å². The minimum atomic E-state index is 0.220. The fourth-order valence-corrected chi connectivity index (χ4v) is 2.78. The Balaban J connectivity index is 1.75. The third-order valence-electron chi connectivity index (χ3n) is 3.65. The second-order valence-corrected chi connectivity index (χ2v) is 5.39. The molecule has 0 unspecified atom stereocenters. The molecule has 3 heteroatoms. The van der Waals surface area contributed by atoms with Gasteiger partial charge in [-0.15, -0.1) is 0 Å². The molecule has 2 nitrogen and oxygen atoms in total. The Labute approximate surface area is 123 Å². The van der Waals surface area contributed by atoms with Gasteiger partial charge >= 0.3 is 0 Å². The van der Waals surface area contributed by atoms with Crippen LogP contribution in [0.25, 0.3) is 10.9 Å². The number of nitrogens with one attached hydrogen (secondary N) is 2. The highest BCUT2D eigenvalue weighted by Crippen LogP contribution is 2.23. The molecule has 0 saturated heterocycles. The van der Waals surface area contributed by atoms with Crippen molar-refractivity contribution in [2.75, 3.05) is 0 Å². The fraction of sp³-hybridized carbons (Fsp3) is 0.176. The maximum atomic E-state index is 6.23. The van der Waals surface area contributed by atoms with Gasteiger partial charge in [-0.05, 0) is 30.2 Å². The standard InChI is InChI=1S/C17H17ClN2/c1-12(14-6-2-4-8-16(14)18)19-10-13-11-20-17-9-5-3-7-15(13)17/h2-9,11-12,19-20H,10H2,1H3/t12-/m0/s1. The third kappa shape index (κ3) is 2.58. The molecule has 0 aliphatic carbocycles. The zero-order valence-corrected chi connectivity index (χ0v) is 12.1. The van der Waals surface area contributed by atoms with Crippen LogP contribution >= 0.6 is 11.6 Å². The predicted octanol–water partition coefficient (Wildman–Crippen LogP) is 4.67. The molecule has 0 aliphatic heterocycles. The van der Waals surface area contributed by atoms with E-state index in [0.717, 1.165) is 17.1 Å². The molecule has 102 valence electrons. The summed E-state index contributed by atoms with van der Waals surface area (Å²) in [5, 5.41) is 5.61. The van der Waals surface area contributed by atoms with Crippen LogP contribution in [-0.2, 0) is 6.54 Å². The molecule has 0 amide bonds. The van der Waals surface area contributed by atoms with E-state index < -0.39 is 0 Å². The molecule has 0 fully saturated rings. The predicted molar refractivity (Wildman–Crippen MR) is 85.0 cm³/mol. The molecule has 0 bridgehead atoms. The number of para-hydroxylation sites is 1. The van der Waals surface area contributed by atoms with Crippen LogP contribution in [0.4, 0.5) is 0 Å². The minimum Gasteiger partial charge on any atom is -0.361 e. The molecule has 20 heavy (non-hydrogen) atoms. The van der Waals surface area contributed by atoms with E-state index in [1.165, 1.54) is 16.5 Å². The van der Waals surface area contributed by atoms with Gasteiger partial charge in [-0.1, -0.05) is 48.0 Å². The summed E-state index contributed by atoms with van der Waals surface area (Å²) in [5.74, 6) is 0. The first-order chi connectivity index (χ1) is 9.75. The van der Waals surface area contributed by atoms with E-state index in [1.54, 1.807) is 0 Å². The Hall–Kier alpha value is -1.77. The van der Waals surface area contributed by atoms with E-state index in [4.69, 9.17) is 11.6 Å². The van der Waals surface area contributed by atoms with Gasteiger partial charge in [-0.2, -0.15) is 0 Å². The minimum absolute atomic E-state index is 0.220. The highest BCUT2D eigenvalue weighted by molar-refractivity contribution is 6.31. The lowest BCUT2D eigenvalue weighted by Crippen LogP contribution is -2.18. The summed E-state index contributed by atoms with van der Waals surface area (Å²) in [7, 11) is 0. The van der Waals surface area contributed by atoms with Crippen molar-refractivity contribution in [3.05, 3.63) is 70.9 Å². The van der Waals surface area contributed by atoms with Crippen LogP contribution in [0.3, 0.4) is 0 Å². The van der Waals surface area contributed by atoms with Crippen LogP contribution in [0.2, 0.25) is 5.02 Å². The van der Waals surface area contributed by atoms with Crippen molar-refractivity contribution in [1.82, 2.24) is 10.3 Å². The second kappa shape index (κ2) is 5.70. The SMILES string of the molecule is C[C@H](NCc1c[nH]c2ccccc12)c1ccccc1Cl. The Bertz CT molecular complexity index is 718. The molecule has 0 aliphatic rings. The van der Waals surface area contributed by atoms with Crippen molar-refractivity contribution in [1.29, 1.82) is 0 Å². The molecular weight excluding hydrogens is 268 g/mol. The Morgan fingerprint density at radius 3 is 2.70 bits per heavy atom. The molecule has 0 saturated carbocycles. The van der Waals surface area contributed by atoms with Crippen LogP contribution in [0, 0.1) is 0 Å². The molecule has 1 atom stereocenters. The van der Waals surface area contributed by atoms with Gasteiger partial charge in [0.2, 0.25) is 0 Å². The van der Waals surface area contributed by atoms with Crippen molar-refractivity contribution < 1.29 is 0 Å². The van der Waals surface area contributed by atoms with E-state index >= 15 is 0 Å². The summed E-state index contributed by atoms with van der Waals surface area (Å²) in [6.45, 7) is 2.95. The third-order valence-corrected chi connectivity index (χ3v) is 3.99. The maximum Gasteiger partial charge on any atom is 0.0457 e. The summed E-state index contributed by atoms with van der Waals surface area (Å²) >= 11 is 6.23. The zero-order valence-electron chi connectivity index (χ0n) is 11.4. The van der Waals surface area contributed by atoms with Crippen LogP contribution < -0.4 is 5.32 Å². The highest BCUT2D eigenvalue weighted by Gasteiger charge is 2.09. The average Bonchev–Trinajstić information content (AvgIpc) is 2.88. The number of aromatic nitrogens is 1. The van der Waals surface area contributed by atoms with Gasteiger partial charge in [0.05, 0.1) is 0 Å². The first kappa shape index (κ1) is 13.2. The van der Waals surface area contributed by atoms with Gasteiger partial charge in [0.25, 0.3) is 0 Å². The first-order valence-corrected chi connectivity index (χ1v) is 7.16. The topological polar surface area (TPSA) is 27.8 Å². The number of H-pyrrole nitrogens is 1. The number of benzene rings is 2. The molecular formula is C17H17ClN2. The van der Waals surface area contributed by atoms with Crippen LogP contribution in [0.5, 0.6) is 0 Å². The van der Waals surface area contributed by atoms with Gasteiger partial charge in [0.15, 0.2) is 0 Å². The Morgan fingerprint density at radius 1 is 1.10 bits per heavy atom. The number of fused-ring (bicyclic) bond motifs is 1. The highest BCUT2D eigenvalue weighted by atomic mass is 35.5. The fourth-order valence-electron chi connectivity index (χ4n) is 2.48. The smallest absolute Gasteiger partial charge is 0.0457 e. The number of halogens is 1. The first-order valence-electron chi connectivity index (χ1n) is 6.78. The lowest BCUT2D eigenvalue weighted by atomic mass is 10.1. The number of hydrogen-bond donors (Lipinski definition) is 2. The zero-order chi connectivity index (χ0) is 13.9. The van der Waals surface area contributed by atoms with E-state index in [0.29, 0.717) is 0 Å². The van der Waals surface area contributed by atoms with Crippen molar-refractivity contribution in [2.24, 2.45) is 0 Å². The van der Waals surface area contributed by atoms with Gasteiger partial charge in [0.1, 0.15) is 0 Å². The number of hydrogen-bond acceptors (Lipinski definition) is 1. The molecule has 2 N–H and O–H groups in total. The van der Waals surface area contributed by atoms with E-state index in [9.17, 15) is 0 Å². The molecule has 1 aromatic heterocycles. The van der Waals surface area contributed by atoms with Crippen molar-refractivity contribution in [2.45, 2.75) is 19.5 Å². The summed E-state index contributed by atoms with van der Waals surface area (Å²) < 4.78 is 0. The molecule has 0 spiro atoms. The van der Waals surface area contributed by atoms with Gasteiger partial charge in [0, 0.05) is 34.7 Å². The van der Waals surface area contributed by atoms with Gasteiger partial charge in [-0.25, -0.2) is 0 Å². The van der Waals surface area contributed by atoms with Gasteiger partial charge in [-0.3, -0.25) is 0 Å². The quantitative estimate of drug-likeness (QED) is 0.716. The Morgan fingerprint density at radius 2 is 1.85 bits per heavy atom. The van der Waals surface area contributed by atoms with Crippen LogP contribution in [0.15, 0.2) is 54.7 Å². The molecule has 1 heterocycles. The molecule has 3 aromatic rings. The van der Waals surface area contributed by atoms with Crippen LogP contribution in [0.1, 0.15) is 24.1 Å². The van der Waals surface area contributed by atoms with Gasteiger partial charge < -0.3 is 10.3 Å². The largest absolute Gasteiger partial charge is 0.361 e. The van der Waals surface area contributed by atoms with E-state index in [-0.39, 0.29) is 6.04 Å². The molecule has 0 radical (unpaired) electrons. The molecule has 2 aromatic carbocycles. The lowest BCUT2D eigenvalue weighted by Gasteiger charge is -2.15. The average molecular weight is 285 g/mol. The number of rotatable bonds is 4. The van der Waals surface area contributed by atoms with Crippen molar-refractivity contribution in [3.8, 4) is 0 Å². The monoisotopic (exact) mass is 284 g/mol. The molecule has 3 rings (SSSR count). The lowest BCUT2D eigenvalue weighted by molar-refractivity contribution is 0.576. The summed E-state index contributed by atoms with van der Waals surface area (Å²) in [6, 6.07) is 16.5. The van der Waals surface area contributed by atoms with E-state index in [1.807, 2.05) is 24.3 Å². The van der Waals surface area contributed by atoms with Crippen molar-refractivity contribution in [3.63, 3.8) is 0 Å². The summed E-state index contributed by atoms with van der Waals surface area (Å²) in [6.07, 6.45) is 2.07. The van der Waals surface area contributed by atoms with Crippen LogP contribution in [-0.4, -0.2) is 4.98 Å². The maximum absolute atomic E-state index is 6.23. The summed E-state index contributed by atoms with van der Waals surface area (Å²) in [4.78, 5) is 3.30. The second-order valence-electron chi connectivity index (χ2n) is 4.98. The summed E-state index contributed by atoms with van der Waals surface area (Å²) in [5.41, 5.74) is 3.59. The number of aromatic amines is 1.